The van der Waals surface area contributed by atoms with Gasteiger partial charge in [-0.15, -0.1) is 0 Å². The Morgan fingerprint density at radius 2 is 2.00 bits per heavy atom. The third-order valence-corrected chi connectivity index (χ3v) is 4.43. The van der Waals surface area contributed by atoms with Crippen LogP contribution in [0.1, 0.15) is 12.5 Å². The smallest absolute Gasteiger partial charge is 0.336 e. The molecule has 0 unspecified atom stereocenters. The number of amides is 1. The van der Waals surface area contributed by atoms with E-state index in [0.29, 0.717) is 5.58 Å². The minimum atomic E-state index is -1.41. The van der Waals surface area contributed by atoms with Crippen LogP contribution in [-0.2, 0) is 9.53 Å². The van der Waals surface area contributed by atoms with E-state index in [0.717, 1.165) is 10.9 Å². The number of rotatable bonds is 4. The zero-order valence-electron chi connectivity index (χ0n) is 14.8. The van der Waals surface area contributed by atoms with Crippen molar-refractivity contribution >= 4 is 16.9 Å². The van der Waals surface area contributed by atoms with Crippen LogP contribution in [0.5, 0.6) is 5.75 Å². The molecule has 4 N–H and O–H groups in total. The van der Waals surface area contributed by atoms with Crippen molar-refractivity contribution in [3.8, 4) is 5.75 Å². The first-order chi connectivity index (χ1) is 12.8. The van der Waals surface area contributed by atoms with Crippen molar-refractivity contribution in [2.75, 3.05) is 6.61 Å². The molecule has 1 aromatic carbocycles. The van der Waals surface area contributed by atoms with E-state index in [2.05, 4.69) is 5.32 Å². The summed E-state index contributed by atoms with van der Waals surface area (Å²) in [4.78, 5) is 23.0. The first kappa shape index (κ1) is 19.3. The van der Waals surface area contributed by atoms with Crippen LogP contribution in [0.15, 0.2) is 33.5 Å². The second kappa shape index (κ2) is 7.65. The fraction of sp³-hybridized carbons (Fsp3) is 0.444. The predicted molar refractivity (Wildman–Crippen MR) is 93.2 cm³/mol. The van der Waals surface area contributed by atoms with Crippen LogP contribution in [0.4, 0.5) is 0 Å². The number of carbonyl (C=O) groups is 1. The molecular formula is C18H21NO8. The highest BCUT2D eigenvalue weighted by atomic mass is 16.7. The molecule has 0 spiro atoms. The SMILES string of the molecule is CC(=O)N[C@H]1[C@H](Oc2ccc3c(C)cc(=O)oc3c2)O[C@@H](CO)[C@H](O)[C@H]1O. The average molecular weight is 379 g/mol. The summed E-state index contributed by atoms with van der Waals surface area (Å²) >= 11 is 0. The lowest BCUT2D eigenvalue weighted by atomic mass is 9.97. The van der Waals surface area contributed by atoms with Gasteiger partial charge in [-0.25, -0.2) is 4.79 Å². The van der Waals surface area contributed by atoms with Gasteiger partial charge in [-0.05, 0) is 24.6 Å². The van der Waals surface area contributed by atoms with E-state index in [1.807, 2.05) is 0 Å². The van der Waals surface area contributed by atoms with Crippen LogP contribution in [0.25, 0.3) is 11.0 Å². The van der Waals surface area contributed by atoms with Crippen LogP contribution in [0.2, 0.25) is 0 Å². The Bertz CT molecular complexity index is 895. The summed E-state index contributed by atoms with van der Waals surface area (Å²) in [6.07, 6.45) is -5.08. The van der Waals surface area contributed by atoms with Gasteiger partial charge < -0.3 is 34.5 Å². The number of hydrogen-bond acceptors (Lipinski definition) is 8. The zero-order chi connectivity index (χ0) is 19.7. The number of benzene rings is 1. The first-order valence-electron chi connectivity index (χ1n) is 8.41. The molecule has 0 aliphatic carbocycles. The normalized spacial score (nSPS) is 28.1. The summed E-state index contributed by atoms with van der Waals surface area (Å²) in [6, 6.07) is 5.12. The molecule has 1 aliphatic rings. The van der Waals surface area contributed by atoms with Gasteiger partial charge in [-0.3, -0.25) is 4.79 Å². The Labute approximate surface area is 154 Å². The van der Waals surface area contributed by atoms with Crippen LogP contribution < -0.4 is 15.7 Å². The molecule has 1 saturated heterocycles. The fourth-order valence-corrected chi connectivity index (χ4v) is 3.08. The van der Waals surface area contributed by atoms with Crippen LogP contribution >= 0.6 is 0 Å². The summed E-state index contributed by atoms with van der Waals surface area (Å²) in [5.41, 5.74) is 0.557. The molecule has 1 aromatic heterocycles. The molecule has 1 aliphatic heterocycles. The lowest BCUT2D eigenvalue weighted by Crippen LogP contribution is -2.65. The van der Waals surface area contributed by atoms with Crippen LogP contribution in [-0.4, -0.2) is 58.5 Å². The second-order valence-electron chi connectivity index (χ2n) is 6.46. The summed E-state index contributed by atoms with van der Waals surface area (Å²) in [5, 5.41) is 32.9. The van der Waals surface area contributed by atoms with E-state index in [1.165, 1.54) is 19.1 Å². The molecule has 2 aromatic rings. The monoisotopic (exact) mass is 379 g/mol. The highest BCUT2D eigenvalue weighted by Gasteiger charge is 2.46. The molecule has 3 rings (SSSR count). The first-order valence-corrected chi connectivity index (χ1v) is 8.41. The molecule has 9 nitrogen and oxygen atoms in total. The van der Waals surface area contributed by atoms with E-state index in [1.54, 1.807) is 19.1 Å². The number of ether oxygens (including phenoxy) is 2. The molecule has 1 amide bonds. The molecule has 9 heteroatoms. The molecule has 2 heterocycles. The number of carbonyl (C=O) groups excluding carboxylic acids is 1. The molecule has 27 heavy (non-hydrogen) atoms. The Kier molecular flexibility index (Phi) is 5.47. The molecule has 146 valence electrons. The van der Waals surface area contributed by atoms with E-state index in [4.69, 9.17) is 13.9 Å². The van der Waals surface area contributed by atoms with E-state index in [-0.39, 0.29) is 5.75 Å². The number of nitrogens with one attached hydrogen (secondary N) is 1. The highest BCUT2D eigenvalue weighted by Crippen LogP contribution is 2.27. The van der Waals surface area contributed by atoms with Gasteiger partial charge in [0, 0.05) is 24.4 Å². The van der Waals surface area contributed by atoms with Crippen molar-refractivity contribution in [3.63, 3.8) is 0 Å². The van der Waals surface area contributed by atoms with E-state index in [9.17, 15) is 24.9 Å². The molecule has 0 bridgehead atoms. The number of aliphatic hydroxyl groups is 3. The Balaban J connectivity index is 1.91. The summed E-state index contributed by atoms with van der Waals surface area (Å²) in [6.45, 7) is 2.48. The van der Waals surface area contributed by atoms with Gasteiger partial charge in [0.05, 0.1) is 6.61 Å². The van der Waals surface area contributed by atoms with Gasteiger partial charge >= 0.3 is 5.63 Å². The zero-order valence-corrected chi connectivity index (χ0v) is 14.8. The van der Waals surface area contributed by atoms with Gasteiger partial charge in [0.2, 0.25) is 12.2 Å². The summed E-state index contributed by atoms with van der Waals surface area (Å²) in [7, 11) is 0. The average Bonchev–Trinajstić information content (AvgIpc) is 2.60. The van der Waals surface area contributed by atoms with Gasteiger partial charge in [-0.1, -0.05) is 0 Å². The Morgan fingerprint density at radius 3 is 2.67 bits per heavy atom. The Morgan fingerprint density at radius 1 is 1.26 bits per heavy atom. The van der Waals surface area contributed by atoms with E-state index < -0.39 is 48.8 Å². The van der Waals surface area contributed by atoms with Gasteiger partial charge in [0.15, 0.2) is 0 Å². The third-order valence-electron chi connectivity index (χ3n) is 4.43. The molecule has 0 saturated carbocycles. The van der Waals surface area contributed by atoms with Crippen molar-refractivity contribution in [2.45, 2.75) is 44.5 Å². The molecule has 1 fully saturated rings. The lowest BCUT2D eigenvalue weighted by molar-refractivity contribution is -0.244. The summed E-state index contributed by atoms with van der Waals surface area (Å²) < 4.78 is 16.4. The Hall–Kier alpha value is -2.46. The standard InChI is InChI=1S/C18H21NO8/c1-8-5-14(22)26-12-6-10(3-4-11(8)12)25-18-15(19-9(2)21)17(24)16(23)13(7-20)27-18/h3-6,13,15-18,20,23-24H,7H2,1-2H3,(H,19,21)/t13-,15+,16-,17-,18+/m0/s1. The number of fused-ring (bicyclic) bond motifs is 1. The second-order valence-corrected chi connectivity index (χ2v) is 6.46. The summed E-state index contributed by atoms with van der Waals surface area (Å²) in [5.74, 6) is -0.192. The lowest BCUT2D eigenvalue weighted by Gasteiger charge is -2.42. The van der Waals surface area contributed by atoms with Gasteiger partial charge in [0.1, 0.15) is 35.7 Å². The maximum Gasteiger partial charge on any atom is 0.336 e. The third kappa shape index (κ3) is 3.96. The largest absolute Gasteiger partial charge is 0.462 e. The van der Waals surface area contributed by atoms with Crippen molar-refractivity contribution in [1.29, 1.82) is 0 Å². The van der Waals surface area contributed by atoms with Crippen LogP contribution in [0, 0.1) is 6.92 Å². The molecular weight excluding hydrogens is 358 g/mol. The minimum Gasteiger partial charge on any atom is -0.462 e. The molecule has 5 atom stereocenters. The van der Waals surface area contributed by atoms with Crippen LogP contribution in [0.3, 0.4) is 0 Å². The van der Waals surface area contributed by atoms with Crippen molar-refractivity contribution in [3.05, 3.63) is 40.2 Å². The number of aryl methyl sites for hydroxylation is 1. The molecule has 0 radical (unpaired) electrons. The maximum atomic E-state index is 11.6. The topological polar surface area (TPSA) is 138 Å². The van der Waals surface area contributed by atoms with Crippen molar-refractivity contribution in [1.82, 2.24) is 5.32 Å². The quantitative estimate of drug-likeness (QED) is 0.518. The minimum absolute atomic E-state index is 0.261. The fourth-order valence-electron chi connectivity index (χ4n) is 3.08. The van der Waals surface area contributed by atoms with Gasteiger partial charge in [0.25, 0.3) is 0 Å². The van der Waals surface area contributed by atoms with Gasteiger partial charge in [-0.2, -0.15) is 0 Å². The van der Waals surface area contributed by atoms with E-state index >= 15 is 0 Å². The highest BCUT2D eigenvalue weighted by molar-refractivity contribution is 5.81. The maximum absolute atomic E-state index is 11.6. The van der Waals surface area contributed by atoms with Crippen molar-refractivity contribution in [2.24, 2.45) is 0 Å². The van der Waals surface area contributed by atoms with Crippen molar-refractivity contribution < 1.29 is 34.0 Å². The predicted octanol–water partition coefficient (Wildman–Crippen LogP) is -0.576. The number of hydrogen-bond donors (Lipinski definition) is 4. The number of aliphatic hydroxyl groups excluding tert-OH is 3.